The fourth-order valence-electron chi connectivity index (χ4n) is 3.50. The molecule has 0 bridgehead atoms. The second-order valence-corrected chi connectivity index (χ2v) is 11.8. The molecule has 0 aliphatic heterocycles. The zero-order chi connectivity index (χ0) is 21.6. The van der Waals surface area contributed by atoms with Crippen LogP contribution >= 0.6 is 0 Å². The zero-order valence-corrected chi connectivity index (χ0v) is 21.8. The van der Waals surface area contributed by atoms with E-state index in [1.807, 2.05) is 0 Å². The van der Waals surface area contributed by atoms with Gasteiger partial charge in [0.25, 0.3) is 0 Å². The Morgan fingerprint density at radius 3 is 0.931 bits per heavy atom. The van der Waals surface area contributed by atoms with Crippen molar-refractivity contribution in [2.45, 2.75) is 26.2 Å². The molecule has 0 fully saturated rings. The summed E-state index contributed by atoms with van der Waals surface area (Å²) in [5, 5.41) is 0. The fraction of sp³-hybridized carbons (Fsp3) is 0.500. The van der Waals surface area contributed by atoms with Gasteiger partial charge in [-0.25, -0.2) is 0 Å². The molecule has 0 atom stereocenters. The molecule has 0 radical (unpaired) electrons. The molecule has 0 unspecified atom stereocenters. The first-order valence-corrected chi connectivity index (χ1v) is 12.5. The van der Waals surface area contributed by atoms with Crippen molar-refractivity contribution in [3.63, 3.8) is 0 Å². The van der Waals surface area contributed by atoms with E-state index in [4.69, 9.17) is 0 Å². The van der Waals surface area contributed by atoms with Crippen molar-refractivity contribution in [2.75, 3.05) is 56.4 Å². The van der Waals surface area contributed by atoms with Gasteiger partial charge in [-0.1, -0.05) is 0 Å². The molecule has 2 rings (SSSR count). The summed E-state index contributed by atoms with van der Waals surface area (Å²) in [6, 6.07) is 13.8. The first kappa shape index (κ1) is 24.3. The summed E-state index contributed by atoms with van der Waals surface area (Å²) in [5.41, 5.74) is 5.97. The molecule has 0 amide bonds. The van der Waals surface area contributed by atoms with Crippen LogP contribution in [0.5, 0.6) is 0 Å². The SMILES string of the molecule is CN(C)Cc1cccc(CN(C)C)c1[Te]c1c(CN(C)C)cccc1CN(C)C. The van der Waals surface area contributed by atoms with Crippen LogP contribution in [0.1, 0.15) is 22.3 Å². The molecule has 160 valence electrons. The van der Waals surface area contributed by atoms with E-state index >= 15 is 0 Å². The van der Waals surface area contributed by atoms with Crippen molar-refractivity contribution in [1.29, 1.82) is 0 Å². The summed E-state index contributed by atoms with van der Waals surface area (Å²) in [7, 11) is 17.3. The first-order chi connectivity index (χ1) is 13.7. The minimum atomic E-state index is -0.525. The molecule has 0 saturated carbocycles. The van der Waals surface area contributed by atoms with E-state index < -0.39 is 20.9 Å². The molecule has 0 N–H and O–H groups in total. The van der Waals surface area contributed by atoms with Crippen LogP contribution in [0.25, 0.3) is 0 Å². The van der Waals surface area contributed by atoms with E-state index in [-0.39, 0.29) is 0 Å². The van der Waals surface area contributed by atoms with E-state index in [1.54, 1.807) is 7.22 Å². The van der Waals surface area contributed by atoms with E-state index in [1.165, 1.54) is 22.3 Å². The fourth-order valence-corrected chi connectivity index (χ4v) is 7.09. The Labute approximate surface area is 188 Å². The average Bonchev–Trinajstić information content (AvgIpc) is 2.58. The second-order valence-electron chi connectivity index (χ2n) is 8.86. The molecule has 29 heavy (non-hydrogen) atoms. The standard InChI is InChI=1S/C24H38N4Te/c1-25(2)15-19-11-9-12-20(16-26(3)4)23(19)29-24-21(17-27(5)6)13-10-14-22(24)18-28(7)8/h9-14H,15-18H2,1-8H3. The Morgan fingerprint density at radius 2 is 0.724 bits per heavy atom. The summed E-state index contributed by atoms with van der Waals surface area (Å²) >= 11 is -0.525. The summed E-state index contributed by atoms with van der Waals surface area (Å²) in [6.45, 7) is 4.00. The van der Waals surface area contributed by atoms with Gasteiger partial charge in [-0.05, 0) is 0 Å². The third-order valence-corrected chi connectivity index (χ3v) is 8.67. The molecule has 5 heteroatoms. The number of hydrogen-bond acceptors (Lipinski definition) is 4. The van der Waals surface area contributed by atoms with Crippen LogP contribution in [0.2, 0.25) is 0 Å². The molecule has 0 saturated heterocycles. The molecule has 4 nitrogen and oxygen atoms in total. The Balaban J connectivity index is 2.58. The van der Waals surface area contributed by atoms with Gasteiger partial charge in [0.15, 0.2) is 0 Å². The summed E-state index contributed by atoms with van der Waals surface area (Å²) in [4.78, 5) is 9.16. The summed E-state index contributed by atoms with van der Waals surface area (Å²) in [6.07, 6.45) is 0. The van der Waals surface area contributed by atoms with Gasteiger partial charge in [-0.3, -0.25) is 0 Å². The summed E-state index contributed by atoms with van der Waals surface area (Å²) < 4.78 is 3.23. The maximum atomic E-state index is 2.33. The van der Waals surface area contributed by atoms with Gasteiger partial charge in [0.2, 0.25) is 0 Å². The van der Waals surface area contributed by atoms with E-state index in [0.29, 0.717) is 0 Å². The van der Waals surface area contributed by atoms with E-state index in [9.17, 15) is 0 Å². The van der Waals surface area contributed by atoms with Crippen LogP contribution in [0.15, 0.2) is 36.4 Å². The maximum absolute atomic E-state index is 2.33. The molecule has 0 aliphatic rings. The van der Waals surface area contributed by atoms with Crippen LogP contribution in [0.3, 0.4) is 0 Å². The molecule has 0 aromatic heterocycles. The topological polar surface area (TPSA) is 13.0 Å². The Morgan fingerprint density at radius 1 is 0.483 bits per heavy atom. The quantitative estimate of drug-likeness (QED) is 0.451. The van der Waals surface area contributed by atoms with Gasteiger partial charge >= 0.3 is 189 Å². The van der Waals surface area contributed by atoms with Gasteiger partial charge in [0.1, 0.15) is 0 Å². The average molecular weight is 510 g/mol. The monoisotopic (exact) mass is 512 g/mol. The van der Waals surface area contributed by atoms with Gasteiger partial charge in [-0.2, -0.15) is 0 Å². The van der Waals surface area contributed by atoms with Crippen LogP contribution in [-0.2, 0) is 26.2 Å². The number of benzene rings is 2. The van der Waals surface area contributed by atoms with Crippen LogP contribution in [-0.4, -0.2) is 96.9 Å². The Hall–Kier alpha value is -0.930. The second kappa shape index (κ2) is 11.5. The van der Waals surface area contributed by atoms with Gasteiger partial charge in [-0.15, -0.1) is 0 Å². The predicted molar refractivity (Wildman–Crippen MR) is 127 cm³/mol. The van der Waals surface area contributed by atoms with Crippen molar-refractivity contribution in [3.05, 3.63) is 58.7 Å². The number of nitrogens with zero attached hydrogens (tertiary/aromatic N) is 4. The van der Waals surface area contributed by atoms with Crippen LogP contribution in [0, 0.1) is 0 Å². The molecule has 0 spiro atoms. The molecule has 0 aliphatic carbocycles. The molecular weight excluding hydrogens is 472 g/mol. The number of hydrogen-bond donors (Lipinski definition) is 0. The predicted octanol–water partition coefficient (Wildman–Crippen LogP) is 1.59. The molecular formula is C24H38N4Te. The third-order valence-electron chi connectivity index (χ3n) is 4.51. The molecule has 2 aromatic carbocycles. The van der Waals surface area contributed by atoms with Gasteiger partial charge < -0.3 is 0 Å². The minimum absolute atomic E-state index is 0.525. The van der Waals surface area contributed by atoms with Gasteiger partial charge in [0.05, 0.1) is 0 Å². The normalized spacial score (nSPS) is 12.0. The van der Waals surface area contributed by atoms with Crippen molar-refractivity contribution in [1.82, 2.24) is 19.6 Å². The first-order valence-electron chi connectivity index (χ1n) is 10.2. The van der Waals surface area contributed by atoms with Crippen LogP contribution in [0.4, 0.5) is 0 Å². The van der Waals surface area contributed by atoms with Crippen molar-refractivity contribution in [3.8, 4) is 0 Å². The Bertz CT molecular complexity index is 662. The van der Waals surface area contributed by atoms with Crippen molar-refractivity contribution in [2.24, 2.45) is 0 Å². The third kappa shape index (κ3) is 7.68. The van der Waals surface area contributed by atoms with E-state index in [2.05, 4.69) is 112 Å². The van der Waals surface area contributed by atoms with Crippen molar-refractivity contribution >= 4 is 28.1 Å². The van der Waals surface area contributed by atoms with Gasteiger partial charge in [0, 0.05) is 0 Å². The Kier molecular flexibility index (Phi) is 9.62. The van der Waals surface area contributed by atoms with E-state index in [0.717, 1.165) is 26.2 Å². The molecule has 2 aromatic rings. The van der Waals surface area contributed by atoms with Crippen molar-refractivity contribution < 1.29 is 0 Å². The molecule has 0 heterocycles. The number of rotatable bonds is 10. The van der Waals surface area contributed by atoms with Crippen LogP contribution < -0.4 is 7.22 Å². The summed E-state index contributed by atoms with van der Waals surface area (Å²) in [5.74, 6) is 0. The zero-order valence-electron chi connectivity index (χ0n) is 19.5.